The number of alkyl halides is 1. The summed E-state index contributed by atoms with van der Waals surface area (Å²) in [7, 11) is 0.500. The van der Waals surface area contributed by atoms with Crippen LogP contribution in [0, 0.1) is 0 Å². The van der Waals surface area contributed by atoms with Gasteiger partial charge in [-0.25, -0.2) is 0 Å². The van der Waals surface area contributed by atoms with E-state index in [1.807, 2.05) is 0 Å². The molecular weight excluding hydrogens is 196 g/mol. The molecule has 0 saturated carbocycles. The molecule has 0 aliphatic carbocycles. The predicted octanol–water partition coefficient (Wildman–Crippen LogP) is -2.44. The van der Waals surface area contributed by atoms with E-state index in [4.69, 9.17) is 0 Å². The fourth-order valence-corrected chi connectivity index (χ4v) is 2.46. The fraction of sp³-hybridized carbons (Fsp3) is 1.00. The van der Waals surface area contributed by atoms with Crippen LogP contribution >= 0.6 is 0 Å². The van der Waals surface area contributed by atoms with E-state index >= 15 is 0 Å². The maximum absolute atomic E-state index is 10.9. The maximum atomic E-state index is 10.9. The molecule has 0 unspecified atom stereocenters. The normalized spacial score (nSPS) is 24.2. The second-order valence-corrected chi connectivity index (χ2v) is 3.56. The first kappa shape index (κ1) is 14.5. The van der Waals surface area contributed by atoms with Crippen molar-refractivity contribution >= 4 is 0 Å². The Labute approximate surface area is 122 Å². The van der Waals surface area contributed by atoms with Gasteiger partial charge in [-0.05, 0) is 38.8 Å². The Bertz CT molecular complexity index is 136. The minimum atomic E-state index is 0. The monoisotopic (exact) mass is 213 g/mol. The van der Waals surface area contributed by atoms with E-state index < -0.39 is 0 Å². The van der Waals surface area contributed by atoms with Gasteiger partial charge in [0.15, 0.2) is 0 Å². The average molecular weight is 213 g/mol. The van der Waals surface area contributed by atoms with Crippen molar-refractivity contribution in [3.05, 3.63) is 0 Å². The van der Waals surface area contributed by atoms with Crippen LogP contribution in [0.2, 0.25) is 0 Å². The zero-order chi connectivity index (χ0) is 9.03. The van der Waals surface area contributed by atoms with Gasteiger partial charge in [-0.3, -0.25) is 9.29 Å². The molecule has 2 saturated heterocycles. The Morgan fingerprint density at radius 2 is 1.69 bits per heavy atom. The largest absolute Gasteiger partial charge is 1.00 e. The summed E-state index contributed by atoms with van der Waals surface area (Å²) >= 11 is 0. The first-order valence-electron chi connectivity index (χ1n) is 4.58. The first-order valence-corrected chi connectivity index (χ1v) is 4.58. The van der Waals surface area contributed by atoms with Gasteiger partial charge < -0.3 is 5.11 Å². The molecule has 0 radical (unpaired) electrons. The van der Waals surface area contributed by atoms with E-state index in [2.05, 4.69) is 4.90 Å². The summed E-state index contributed by atoms with van der Waals surface area (Å²) < 4.78 is 9.50. The van der Waals surface area contributed by atoms with Crippen LogP contribution < -0.4 is 56.5 Å². The molecule has 4 heteroatoms. The Hall–Kier alpha value is 1.49. The minimum Gasteiger partial charge on any atom is -0.853 e. The summed E-state index contributed by atoms with van der Waals surface area (Å²) in [6, 6.07) is 0. The summed E-state index contributed by atoms with van der Waals surface area (Å²) in [5, 5.41) is 10.9. The van der Waals surface area contributed by atoms with Crippen LogP contribution in [0.3, 0.4) is 0 Å². The Morgan fingerprint density at radius 1 is 1.23 bits per heavy atom. The number of fused-ring (bicyclic) bond motifs is 1. The number of hydrogen-bond donors (Lipinski definition) is 0. The van der Waals surface area contributed by atoms with Crippen LogP contribution in [0.4, 0.5) is 4.39 Å². The summed E-state index contributed by atoms with van der Waals surface area (Å²) in [6.07, 6.45) is 4.83. The Kier molecular flexibility index (Phi) is 7.66. The van der Waals surface area contributed by atoms with Crippen LogP contribution in [0.1, 0.15) is 25.7 Å². The van der Waals surface area contributed by atoms with E-state index in [0.717, 1.165) is 12.8 Å². The van der Waals surface area contributed by atoms with E-state index in [1.54, 1.807) is 0 Å². The molecule has 0 N–H and O–H groups in total. The van der Waals surface area contributed by atoms with E-state index in [0.29, 0.717) is 7.18 Å². The molecule has 0 amide bonds. The minimum absolute atomic E-state index is 0. The molecule has 0 bridgehead atoms. The number of nitrogens with zero attached hydrogens (tertiary/aromatic N) is 1. The van der Waals surface area contributed by atoms with Crippen LogP contribution in [0.15, 0.2) is 0 Å². The van der Waals surface area contributed by atoms with Gasteiger partial charge in [0.1, 0.15) is 0 Å². The average Bonchev–Trinajstić information content (AvgIpc) is 2.65. The van der Waals surface area contributed by atoms with Gasteiger partial charge in [0.05, 0.1) is 7.18 Å². The van der Waals surface area contributed by atoms with Gasteiger partial charge in [-0.1, -0.05) is 0 Å². The van der Waals surface area contributed by atoms with Crippen molar-refractivity contribution < 1.29 is 60.9 Å². The summed E-state index contributed by atoms with van der Waals surface area (Å²) in [6.45, 7) is 2.50. The molecule has 0 aromatic rings. The molecule has 0 aromatic heterocycles. The number of halogens is 1. The van der Waals surface area contributed by atoms with E-state index in [-0.39, 0.29) is 63.5 Å². The second-order valence-electron chi connectivity index (χ2n) is 3.56. The molecule has 2 heterocycles. The van der Waals surface area contributed by atoms with Gasteiger partial charge >= 0.3 is 51.4 Å². The molecular formula is C9H17FKNO. The van der Waals surface area contributed by atoms with Crippen molar-refractivity contribution in [1.82, 2.24) is 4.90 Å². The second kappa shape index (κ2) is 6.88. The van der Waals surface area contributed by atoms with Crippen molar-refractivity contribution in [2.45, 2.75) is 31.2 Å². The third-order valence-electron chi connectivity index (χ3n) is 3.08. The van der Waals surface area contributed by atoms with Gasteiger partial charge in [0, 0.05) is 5.54 Å². The molecule has 2 rings (SSSR count). The third kappa shape index (κ3) is 2.97. The molecule has 0 spiro atoms. The summed E-state index contributed by atoms with van der Waals surface area (Å²) in [5.74, 6) is 0. The van der Waals surface area contributed by atoms with Crippen LogP contribution in [0.25, 0.3) is 0 Å². The van der Waals surface area contributed by atoms with Crippen molar-refractivity contribution in [3.63, 3.8) is 0 Å². The fourth-order valence-electron chi connectivity index (χ4n) is 2.46. The quantitative estimate of drug-likeness (QED) is 0.453. The summed E-state index contributed by atoms with van der Waals surface area (Å²) in [5.41, 5.74) is 0.125. The van der Waals surface area contributed by atoms with Crippen molar-refractivity contribution in [1.29, 1.82) is 0 Å². The number of hydrogen-bond acceptors (Lipinski definition) is 2. The first-order chi connectivity index (χ1) is 5.87. The van der Waals surface area contributed by atoms with Crippen LogP contribution in [-0.2, 0) is 0 Å². The molecule has 2 fully saturated rings. The standard InChI is InChI=1S/C8H14NO.CH3F.K/c10-7-8-3-1-5-9(8)6-2-4-8;1-2;/h1-7H2;1H3;/q-1;;+1. The van der Waals surface area contributed by atoms with Crippen molar-refractivity contribution in [3.8, 4) is 0 Å². The molecule has 2 aliphatic heterocycles. The molecule has 0 aromatic carbocycles. The van der Waals surface area contributed by atoms with E-state index in [9.17, 15) is 9.50 Å². The van der Waals surface area contributed by atoms with Crippen molar-refractivity contribution in [2.75, 3.05) is 26.9 Å². The Morgan fingerprint density at radius 3 is 2.00 bits per heavy atom. The molecule has 2 aliphatic rings. The Balaban J connectivity index is 0.000000451. The van der Waals surface area contributed by atoms with Crippen LogP contribution in [0.5, 0.6) is 0 Å². The van der Waals surface area contributed by atoms with Gasteiger partial charge in [-0.2, -0.15) is 0 Å². The van der Waals surface area contributed by atoms with Gasteiger partial charge in [0.2, 0.25) is 0 Å². The molecule has 2 nitrogen and oxygen atoms in total. The van der Waals surface area contributed by atoms with E-state index in [1.165, 1.54) is 25.9 Å². The molecule has 72 valence electrons. The van der Waals surface area contributed by atoms with Crippen LogP contribution in [-0.4, -0.2) is 37.3 Å². The van der Waals surface area contributed by atoms with Gasteiger partial charge in [-0.15, -0.1) is 6.61 Å². The molecule has 0 atom stereocenters. The maximum Gasteiger partial charge on any atom is 1.00 e. The number of rotatable bonds is 1. The predicted molar refractivity (Wildman–Crippen MR) is 44.7 cm³/mol. The topological polar surface area (TPSA) is 26.3 Å². The smallest absolute Gasteiger partial charge is 0.853 e. The zero-order valence-corrected chi connectivity index (χ0v) is 11.8. The zero-order valence-electron chi connectivity index (χ0n) is 8.68. The summed E-state index contributed by atoms with van der Waals surface area (Å²) in [4.78, 5) is 2.40. The van der Waals surface area contributed by atoms with Gasteiger partial charge in [0.25, 0.3) is 0 Å². The third-order valence-corrected chi connectivity index (χ3v) is 3.08. The SMILES string of the molecule is CF.[K+].[O-]CC12CCCN1CCC2. The molecule has 13 heavy (non-hydrogen) atoms. The van der Waals surface area contributed by atoms with Crippen molar-refractivity contribution in [2.24, 2.45) is 0 Å².